The smallest absolute Gasteiger partial charge is 0.328 e. The van der Waals surface area contributed by atoms with Crippen molar-refractivity contribution >= 4 is 45.9 Å². The molecule has 0 bridgehead atoms. The number of aryl methyl sites for hydroxylation is 2. The molecule has 2 aromatic heterocycles. The van der Waals surface area contributed by atoms with E-state index in [2.05, 4.69) is 61.2 Å². The van der Waals surface area contributed by atoms with Gasteiger partial charge in [0, 0.05) is 125 Å². The molecule has 4 N–H and O–H groups in total. The molecule has 0 saturated carbocycles. The third kappa shape index (κ3) is 8.62. The van der Waals surface area contributed by atoms with E-state index in [1.54, 1.807) is 35.1 Å². The van der Waals surface area contributed by atoms with Crippen LogP contribution >= 0.6 is 0 Å². The molecular weight excluding hydrogens is 814 g/mol. The number of benzene rings is 3. The second-order valence-corrected chi connectivity index (χ2v) is 18.1. The number of methoxy groups -OCH3 is 1. The Morgan fingerprint density at radius 2 is 1.77 bits per heavy atom. The molecule has 4 aliphatic heterocycles. The number of carbonyl (C=O) groups is 3. The first-order valence-electron chi connectivity index (χ1n) is 22.7. The minimum absolute atomic E-state index is 0.0718. The molecule has 0 unspecified atom stereocenters. The number of carbonyl (C=O) groups excluding carboxylic acids is 3. The number of hydrogen-bond donors (Lipinski definition) is 3. The summed E-state index contributed by atoms with van der Waals surface area (Å²) in [5, 5.41) is 22.5. The second kappa shape index (κ2) is 17.8. The quantitative estimate of drug-likeness (QED) is 0.133. The van der Waals surface area contributed by atoms with Gasteiger partial charge in [0.1, 0.15) is 11.4 Å². The summed E-state index contributed by atoms with van der Waals surface area (Å²) < 4.78 is 24.8. The third-order valence-corrected chi connectivity index (χ3v) is 14.1. The maximum Gasteiger partial charge on any atom is 0.328 e. The molecule has 14 nitrogen and oxygen atoms in total. The standard InChI is InChI=1S/C49H58FN9O5/c1-4-32-28-59(42-12-10-36(25-40(32)42)58-20-15-45(61)52-48(58)63)35-13-18-55(19-14-35)30-49(50)16-21-56(22-17-49)47(62)33-9-11-38(31(2)23-33)34-24-37(64-3)29-57(27-34)43-26-41(53-54-46(43)51)39-7-5-6-8-44(39)60/h5-12,23,25-26,28,34-35,37,60H,4,13-22,24,27,29-30H2,1-3H3,(H2,51,54)(H,52,61,63)/t34-,37+/m0/s1. The van der Waals surface area contributed by atoms with Gasteiger partial charge in [0.2, 0.25) is 5.91 Å². The molecule has 3 aromatic carbocycles. The van der Waals surface area contributed by atoms with Crippen LogP contribution in [-0.2, 0) is 16.0 Å². The number of phenolic OH excluding ortho intramolecular Hbond substituents is 1. The summed E-state index contributed by atoms with van der Waals surface area (Å²) in [5.74, 6) is 0.182. The van der Waals surface area contributed by atoms with E-state index in [0.29, 0.717) is 74.7 Å². The normalized spacial score (nSPS) is 21.1. The van der Waals surface area contributed by atoms with Crippen LogP contribution in [0.5, 0.6) is 5.75 Å². The number of aromatic hydroxyl groups is 1. The number of anilines is 3. The van der Waals surface area contributed by atoms with Crippen LogP contribution in [0.1, 0.15) is 84.5 Å². The number of rotatable bonds is 10. The van der Waals surface area contributed by atoms with Crippen LogP contribution in [0.4, 0.5) is 26.4 Å². The van der Waals surface area contributed by atoms with Crippen LogP contribution < -0.4 is 20.9 Å². The van der Waals surface area contributed by atoms with Crippen LogP contribution in [-0.4, -0.2) is 119 Å². The fourth-order valence-electron chi connectivity index (χ4n) is 10.5. The summed E-state index contributed by atoms with van der Waals surface area (Å²) in [6, 6.07) is 20.8. The summed E-state index contributed by atoms with van der Waals surface area (Å²) in [4.78, 5) is 46.0. The number of imide groups is 1. The van der Waals surface area contributed by atoms with Crippen molar-refractivity contribution < 1.29 is 28.6 Å². The number of aromatic nitrogens is 3. The fraction of sp³-hybridized carbons (Fsp3) is 0.449. The van der Waals surface area contributed by atoms with E-state index < -0.39 is 5.67 Å². The van der Waals surface area contributed by atoms with Gasteiger partial charge in [-0.3, -0.25) is 19.8 Å². The van der Waals surface area contributed by atoms with E-state index in [9.17, 15) is 19.5 Å². The molecule has 4 aliphatic rings. The van der Waals surface area contributed by atoms with Crippen LogP contribution in [0.25, 0.3) is 22.2 Å². The molecule has 336 valence electrons. The number of piperidine rings is 3. The summed E-state index contributed by atoms with van der Waals surface area (Å²) in [6.45, 7) is 8.50. The first-order valence-corrected chi connectivity index (χ1v) is 22.7. The molecule has 0 aliphatic carbocycles. The van der Waals surface area contributed by atoms with Gasteiger partial charge in [-0.1, -0.05) is 25.1 Å². The molecule has 4 fully saturated rings. The molecular formula is C49H58FN9O5. The minimum Gasteiger partial charge on any atom is -0.507 e. The van der Waals surface area contributed by atoms with Crippen LogP contribution in [0.2, 0.25) is 0 Å². The maximum atomic E-state index is 16.5. The van der Waals surface area contributed by atoms with Gasteiger partial charge >= 0.3 is 6.03 Å². The molecule has 15 heteroatoms. The molecule has 64 heavy (non-hydrogen) atoms. The number of ether oxygens (including phenoxy) is 1. The number of nitrogens with two attached hydrogens (primary N) is 1. The Bertz CT molecular complexity index is 2570. The molecule has 6 heterocycles. The number of hydrogen-bond acceptors (Lipinski definition) is 10. The number of urea groups is 1. The number of phenols is 1. The second-order valence-electron chi connectivity index (χ2n) is 18.1. The van der Waals surface area contributed by atoms with Crippen LogP contribution in [0.15, 0.2) is 72.9 Å². The van der Waals surface area contributed by atoms with Gasteiger partial charge in [0.15, 0.2) is 5.82 Å². The predicted octanol–water partition coefficient (Wildman–Crippen LogP) is 6.99. The maximum absolute atomic E-state index is 16.5. The van der Waals surface area contributed by atoms with Gasteiger partial charge in [0.25, 0.3) is 5.91 Å². The highest BCUT2D eigenvalue weighted by Crippen LogP contribution is 2.39. The number of amides is 4. The van der Waals surface area contributed by atoms with Gasteiger partial charge in [-0.25, -0.2) is 9.18 Å². The van der Waals surface area contributed by atoms with Crippen molar-refractivity contribution in [2.24, 2.45) is 0 Å². The lowest BCUT2D eigenvalue weighted by Gasteiger charge is -2.41. The summed E-state index contributed by atoms with van der Waals surface area (Å²) in [5.41, 5.74) is 12.7. The zero-order chi connectivity index (χ0) is 44.7. The fourth-order valence-corrected chi connectivity index (χ4v) is 10.5. The first-order chi connectivity index (χ1) is 30.9. The van der Waals surface area contributed by atoms with Crippen molar-refractivity contribution in [3.05, 3.63) is 95.2 Å². The number of halogens is 1. The monoisotopic (exact) mass is 871 g/mol. The van der Waals surface area contributed by atoms with Crippen LogP contribution in [0, 0.1) is 6.92 Å². The zero-order valence-electron chi connectivity index (χ0n) is 36.9. The van der Waals surface area contributed by atoms with Crippen molar-refractivity contribution in [1.29, 1.82) is 0 Å². The SMILES string of the molecule is CCc1cn(C2CCN(CC3(F)CCN(C(=O)c4ccc([C@H]5C[C@@H](OC)CN(c6cc(-c7ccccc7O)nnc6N)C5)c(C)c4)CC3)CC2)c2ccc(N3CCC(=O)NC3=O)cc12. The number of fused-ring (bicyclic) bond motifs is 1. The number of nitrogens with one attached hydrogen (secondary N) is 1. The van der Waals surface area contributed by atoms with Gasteiger partial charge in [-0.05, 0) is 97.8 Å². The average molecular weight is 872 g/mol. The number of alkyl halides is 1. The number of likely N-dealkylation sites (tertiary alicyclic amines) is 2. The highest BCUT2D eigenvalue weighted by atomic mass is 19.1. The lowest BCUT2D eigenvalue weighted by Crippen LogP contribution is -2.51. The summed E-state index contributed by atoms with van der Waals surface area (Å²) in [6.07, 6.45) is 6.51. The highest BCUT2D eigenvalue weighted by Gasteiger charge is 2.39. The Balaban J connectivity index is 0.801. The van der Waals surface area contributed by atoms with Crippen LogP contribution in [0.3, 0.4) is 0 Å². The van der Waals surface area contributed by atoms with Gasteiger partial charge in [0.05, 0.1) is 17.5 Å². The largest absolute Gasteiger partial charge is 0.507 e. The Morgan fingerprint density at radius 1 is 0.984 bits per heavy atom. The molecule has 0 spiro atoms. The van der Waals surface area contributed by atoms with E-state index >= 15 is 4.39 Å². The summed E-state index contributed by atoms with van der Waals surface area (Å²) >= 11 is 0. The van der Waals surface area contributed by atoms with E-state index in [-0.39, 0.29) is 48.1 Å². The van der Waals surface area contributed by atoms with E-state index in [0.717, 1.165) is 72.2 Å². The van der Waals surface area contributed by atoms with E-state index in [4.69, 9.17) is 10.5 Å². The van der Waals surface area contributed by atoms with Gasteiger partial charge in [-0.2, -0.15) is 0 Å². The Labute approximate surface area is 373 Å². The lowest BCUT2D eigenvalue weighted by molar-refractivity contribution is -0.120. The number of nitrogens with zero attached hydrogens (tertiary/aromatic N) is 7. The van der Waals surface area contributed by atoms with Crippen molar-refractivity contribution in [3.63, 3.8) is 0 Å². The predicted molar refractivity (Wildman–Crippen MR) is 246 cm³/mol. The van der Waals surface area contributed by atoms with Crippen molar-refractivity contribution in [2.75, 3.05) is 75.0 Å². The topological polar surface area (TPSA) is 162 Å². The number of para-hydroxylation sites is 1. The van der Waals surface area contributed by atoms with Gasteiger partial charge in [-0.15, -0.1) is 10.2 Å². The highest BCUT2D eigenvalue weighted by molar-refractivity contribution is 6.06. The molecule has 9 rings (SSSR count). The molecule has 0 radical (unpaired) electrons. The van der Waals surface area contributed by atoms with Crippen molar-refractivity contribution in [1.82, 2.24) is 29.9 Å². The zero-order valence-corrected chi connectivity index (χ0v) is 36.9. The summed E-state index contributed by atoms with van der Waals surface area (Å²) in [7, 11) is 1.71. The molecule has 4 amide bonds. The van der Waals surface area contributed by atoms with Crippen molar-refractivity contribution in [3.8, 4) is 17.0 Å². The first kappa shape index (κ1) is 43.2. The third-order valence-electron chi connectivity index (χ3n) is 14.1. The Morgan fingerprint density at radius 3 is 2.48 bits per heavy atom. The van der Waals surface area contributed by atoms with E-state index in [1.165, 1.54) is 5.56 Å². The van der Waals surface area contributed by atoms with E-state index in [1.807, 2.05) is 37.3 Å². The van der Waals surface area contributed by atoms with Gasteiger partial charge < -0.3 is 34.8 Å². The Kier molecular flexibility index (Phi) is 12.0. The minimum atomic E-state index is -1.36. The Hall–Kier alpha value is -6.06. The number of nitrogen functional groups attached to an aromatic ring is 1. The molecule has 2 atom stereocenters. The molecule has 4 saturated heterocycles. The average Bonchev–Trinajstić information content (AvgIpc) is 3.67. The molecule has 5 aromatic rings. The lowest BCUT2D eigenvalue weighted by atomic mass is 9.85. The van der Waals surface area contributed by atoms with Crippen molar-refractivity contribution in [2.45, 2.75) is 82.5 Å².